The van der Waals surface area contributed by atoms with Gasteiger partial charge in [-0.15, -0.1) is 0 Å². The average Bonchev–Trinajstić information content (AvgIpc) is 3.54. The highest BCUT2D eigenvalue weighted by Gasteiger charge is 2.36. The Kier molecular flexibility index (Phi) is 12.0. The van der Waals surface area contributed by atoms with Gasteiger partial charge in [-0.25, -0.2) is 8.42 Å². The Morgan fingerprint density at radius 1 is 1.04 bits per heavy atom. The minimum absolute atomic E-state index is 0.0246. The third kappa shape index (κ3) is 8.48. The summed E-state index contributed by atoms with van der Waals surface area (Å²) in [5.41, 5.74) is 0.327. The number of ether oxygens (including phenoxy) is 1. The van der Waals surface area contributed by atoms with E-state index in [9.17, 15) is 28.1 Å². The van der Waals surface area contributed by atoms with Crippen LogP contribution in [0.2, 0.25) is 15.1 Å². The zero-order valence-electron chi connectivity index (χ0n) is 26.0. The van der Waals surface area contributed by atoms with Crippen LogP contribution in [-0.2, 0) is 26.2 Å². The Labute approximate surface area is 288 Å². The van der Waals surface area contributed by atoms with Crippen LogP contribution >= 0.6 is 34.8 Å². The zero-order valence-corrected chi connectivity index (χ0v) is 29.1. The van der Waals surface area contributed by atoms with Crippen molar-refractivity contribution in [2.45, 2.75) is 69.5 Å². The first kappa shape index (κ1) is 36.3. The zero-order chi connectivity index (χ0) is 34.5. The van der Waals surface area contributed by atoms with Crippen molar-refractivity contribution in [3.05, 3.63) is 90.9 Å². The fraction of sp³-hybridized carbons (Fsp3) is 0.375. The van der Waals surface area contributed by atoms with Crippen LogP contribution in [0.15, 0.2) is 59.5 Å². The largest absolute Gasteiger partial charge is 0.495 e. The molecule has 0 aliphatic heterocycles. The maximum Gasteiger partial charge on any atom is 0.273 e. The second kappa shape index (κ2) is 15.5. The van der Waals surface area contributed by atoms with E-state index in [0.29, 0.717) is 10.6 Å². The SMILES string of the molecule is CC[C@H](C(=O)NC1CCCC1)N(Cc1ccc(Cl)c(Cl)c1)C(=O)CN(c1cc(Cl)ccc1OC)S(=O)(=O)c1ccc(C)c([N+](=O)[O-])c1. The molecule has 1 fully saturated rings. The first-order chi connectivity index (χ1) is 22.3. The van der Waals surface area contributed by atoms with Gasteiger partial charge in [0.2, 0.25) is 11.8 Å². The van der Waals surface area contributed by atoms with Crippen molar-refractivity contribution >= 4 is 68.0 Å². The van der Waals surface area contributed by atoms with E-state index in [2.05, 4.69) is 5.32 Å². The summed E-state index contributed by atoms with van der Waals surface area (Å²) in [6.07, 6.45) is 3.85. The van der Waals surface area contributed by atoms with Gasteiger partial charge >= 0.3 is 0 Å². The molecule has 0 radical (unpaired) electrons. The Balaban J connectivity index is 1.82. The van der Waals surface area contributed by atoms with E-state index in [4.69, 9.17) is 39.5 Å². The van der Waals surface area contributed by atoms with Crippen LogP contribution in [0.3, 0.4) is 0 Å². The number of anilines is 1. The lowest BCUT2D eigenvalue weighted by molar-refractivity contribution is -0.385. The molecule has 1 atom stereocenters. The predicted molar refractivity (Wildman–Crippen MR) is 182 cm³/mol. The van der Waals surface area contributed by atoms with Crippen LogP contribution in [0.4, 0.5) is 11.4 Å². The van der Waals surface area contributed by atoms with Gasteiger partial charge in [-0.1, -0.05) is 66.7 Å². The number of carbonyl (C=O) groups excluding carboxylic acids is 2. The van der Waals surface area contributed by atoms with Gasteiger partial charge in [-0.3, -0.25) is 24.0 Å². The molecule has 0 bridgehead atoms. The summed E-state index contributed by atoms with van der Waals surface area (Å²) in [6, 6.07) is 11.6. The van der Waals surface area contributed by atoms with E-state index in [1.54, 1.807) is 25.1 Å². The number of nitro groups is 1. The van der Waals surface area contributed by atoms with Crippen molar-refractivity contribution < 1.29 is 27.7 Å². The molecular formula is C32H35Cl3N4O7S. The van der Waals surface area contributed by atoms with Crippen LogP contribution in [0, 0.1) is 17.0 Å². The minimum atomic E-state index is -4.66. The Hall–Kier alpha value is -3.58. The summed E-state index contributed by atoms with van der Waals surface area (Å²) in [6.45, 7) is 2.35. The molecule has 1 N–H and O–H groups in total. The molecule has 3 aromatic rings. The van der Waals surface area contributed by atoms with Crippen molar-refractivity contribution in [2.24, 2.45) is 0 Å². The molecule has 0 saturated heterocycles. The number of halogens is 3. The fourth-order valence-electron chi connectivity index (χ4n) is 5.57. The van der Waals surface area contributed by atoms with Crippen LogP contribution in [0.1, 0.15) is 50.2 Å². The second-order valence-corrected chi connectivity index (χ2v) is 14.3. The summed E-state index contributed by atoms with van der Waals surface area (Å²) in [5, 5.41) is 15.5. The Bertz CT molecular complexity index is 1770. The number of amides is 2. The summed E-state index contributed by atoms with van der Waals surface area (Å²) in [4.78, 5) is 40.0. The monoisotopic (exact) mass is 724 g/mol. The summed E-state index contributed by atoms with van der Waals surface area (Å²) in [7, 11) is -3.33. The average molecular weight is 726 g/mol. The fourth-order valence-corrected chi connectivity index (χ4v) is 7.49. The van der Waals surface area contributed by atoms with E-state index >= 15 is 0 Å². The minimum Gasteiger partial charge on any atom is -0.495 e. The molecule has 1 saturated carbocycles. The Morgan fingerprint density at radius 2 is 1.74 bits per heavy atom. The molecule has 1 aliphatic rings. The van der Waals surface area contributed by atoms with Gasteiger partial charge in [0.25, 0.3) is 15.7 Å². The number of nitrogens with one attached hydrogen (secondary N) is 1. The number of carbonyl (C=O) groups is 2. The second-order valence-electron chi connectivity index (χ2n) is 11.2. The van der Waals surface area contributed by atoms with Gasteiger partial charge < -0.3 is 15.0 Å². The standard InChI is InChI=1S/C32H35Cl3N4O7S/c1-4-27(32(41)36-23-7-5-6-8-23)37(18-21-10-13-25(34)26(35)15-21)31(40)19-38(29-16-22(33)11-14-30(29)46-3)47(44,45)24-12-9-20(2)28(17-24)39(42)43/h9-17,23,27H,4-8,18-19H2,1-3H3,(H,36,41)/t27-/m1/s1. The van der Waals surface area contributed by atoms with Crippen molar-refractivity contribution in [2.75, 3.05) is 18.0 Å². The van der Waals surface area contributed by atoms with E-state index in [0.717, 1.165) is 36.1 Å². The number of hydrogen-bond donors (Lipinski definition) is 1. The molecule has 0 heterocycles. The number of nitro benzene ring substituents is 1. The summed E-state index contributed by atoms with van der Waals surface area (Å²) in [5.74, 6) is -1.01. The molecule has 252 valence electrons. The van der Waals surface area contributed by atoms with Crippen LogP contribution in [-0.4, -0.2) is 55.8 Å². The highest BCUT2D eigenvalue weighted by molar-refractivity contribution is 7.92. The van der Waals surface area contributed by atoms with Crippen LogP contribution in [0.25, 0.3) is 0 Å². The first-order valence-corrected chi connectivity index (χ1v) is 17.5. The van der Waals surface area contributed by atoms with Gasteiger partial charge in [0.15, 0.2) is 0 Å². The Morgan fingerprint density at radius 3 is 2.36 bits per heavy atom. The van der Waals surface area contributed by atoms with Crippen molar-refractivity contribution in [1.29, 1.82) is 0 Å². The number of nitrogens with zero attached hydrogens (tertiary/aromatic N) is 3. The third-order valence-electron chi connectivity index (χ3n) is 8.08. The van der Waals surface area contributed by atoms with Gasteiger partial charge in [0.1, 0.15) is 18.3 Å². The number of hydrogen-bond acceptors (Lipinski definition) is 7. The molecule has 2 amide bonds. The molecule has 1 aliphatic carbocycles. The van der Waals surface area contributed by atoms with E-state index in [1.165, 1.54) is 49.3 Å². The van der Waals surface area contributed by atoms with Gasteiger partial charge in [-0.2, -0.15) is 0 Å². The number of sulfonamides is 1. The first-order valence-electron chi connectivity index (χ1n) is 14.9. The molecule has 3 aromatic carbocycles. The number of benzene rings is 3. The third-order valence-corrected chi connectivity index (χ3v) is 10.8. The predicted octanol–water partition coefficient (Wildman–Crippen LogP) is 6.93. The molecule has 47 heavy (non-hydrogen) atoms. The van der Waals surface area contributed by atoms with Crippen LogP contribution in [0.5, 0.6) is 5.75 Å². The summed E-state index contributed by atoms with van der Waals surface area (Å²) < 4.78 is 34.9. The summed E-state index contributed by atoms with van der Waals surface area (Å²) >= 11 is 18.7. The number of rotatable bonds is 13. The van der Waals surface area contributed by atoms with E-state index in [-0.39, 0.29) is 52.0 Å². The van der Waals surface area contributed by atoms with Gasteiger partial charge in [-0.05, 0) is 68.1 Å². The normalized spacial score (nSPS) is 14.0. The molecular weight excluding hydrogens is 691 g/mol. The maximum absolute atomic E-state index is 14.4. The van der Waals surface area contributed by atoms with Crippen LogP contribution < -0.4 is 14.4 Å². The molecule has 11 nitrogen and oxygen atoms in total. The lowest BCUT2D eigenvalue weighted by Crippen LogP contribution is -2.53. The molecule has 0 spiro atoms. The van der Waals surface area contributed by atoms with Gasteiger partial charge in [0, 0.05) is 29.2 Å². The highest BCUT2D eigenvalue weighted by atomic mass is 35.5. The number of aryl methyl sites for hydroxylation is 1. The van der Waals surface area contributed by atoms with E-state index in [1.807, 2.05) is 0 Å². The lowest BCUT2D eigenvalue weighted by atomic mass is 10.1. The topological polar surface area (TPSA) is 139 Å². The number of methoxy groups -OCH3 is 1. The molecule has 0 aromatic heterocycles. The van der Waals surface area contributed by atoms with Gasteiger partial charge in [0.05, 0.1) is 32.7 Å². The quantitative estimate of drug-likeness (QED) is 0.149. The maximum atomic E-state index is 14.4. The molecule has 4 rings (SSSR count). The smallest absolute Gasteiger partial charge is 0.273 e. The molecule has 0 unspecified atom stereocenters. The lowest BCUT2D eigenvalue weighted by Gasteiger charge is -2.34. The van der Waals surface area contributed by atoms with Crippen molar-refractivity contribution in [3.8, 4) is 5.75 Å². The van der Waals surface area contributed by atoms with Crippen molar-refractivity contribution in [1.82, 2.24) is 10.2 Å². The van der Waals surface area contributed by atoms with E-state index < -0.39 is 44.0 Å². The van der Waals surface area contributed by atoms with Crippen molar-refractivity contribution in [3.63, 3.8) is 0 Å². The molecule has 15 heteroatoms. The highest BCUT2D eigenvalue weighted by Crippen LogP contribution is 2.36.